The summed E-state index contributed by atoms with van der Waals surface area (Å²) in [5.41, 5.74) is 2.01. The fourth-order valence-electron chi connectivity index (χ4n) is 4.84. The van der Waals surface area contributed by atoms with Crippen molar-refractivity contribution >= 4 is 38.6 Å². The third-order valence-electron chi connectivity index (χ3n) is 6.75. The van der Waals surface area contributed by atoms with Gasteiger partial charge in [-0.15, -0.1) is 0 Å². The van der Waals surface area contributed by atoms with E-state index >= 15 is 0 Å². The normalized spacial score (nSPS) is 19.2. The number of piperidine rings is 2. The van der Waals surface area contributed by atoms with Crippen LogP contribution in [0.4, 0.5) is 0 Å². The van der Waals surface area contributed by atoms with Gasteiger partial charge in [-0.2, -0.15) is 4.31 Å². The molecule has 0 radical (unpaired) electrons. The van der Waals surface area contributed by atoms with Gasteiger partial charge in [0.1, 0.15) is 15.9 Å². The predicted octanol–water partition coefficient (Wildman–Crippen LogP) is 3.42. The van der Waals surface area contributed by atoms with Crippen molar-refractivity contribution in [2.75, 3.05) is 26.2 Å². The van der Waals surface area contributed by atoms with Crippen LogP contribution in [-0.4, -0.2) is 64.7 Å². The van der Waals surface area contributed by atoms with Crippen LogP contribution in [0.25, 0.3) is 11.0 Å². The summed E-state index contributed by atoms with van der Waals surface area (Å²) in [6.45, 7) is 2.01. The van der Waals surface area contributed by atoms with Gasteiger partial charge in [0.05, 0.1) is 11.0 Å². The first-order valence-electron chi connectivity index (χ1n) is 11.3. The Hall–Kier alpha value is -2.49. The van der Waals surface area contributed by atoms with Crippen molar-refractivity contribution in [3.05, 3.63) is 53.6 Å². The number of nitrogens with zero attached hydrogens (tertiary/aromatic N) is 4. The Balaban J connectivity index is 1.17. The summed E-state index contributed by atoms with van der Waals surface area (Å²) in [5.74, 6) is 1.30. The molecule has 2 aromatic heterocycles. The lowest BCUT2D eigenvalue weighted by Crippen LogP contribution is -2.46. The minimum Gasteiger partial charge on any atom is -0.342 e. The number of sulfonamides is 1. The van der Waals surface area contributed by atoms with E-state index in [2.05, 4.69) is 9.97 Å². The molecule has 174 valence electrons. The van der Waals surface area contributed by atoms with Gasteiger partial charge in [-0.3, -0.25) is 4.79 Å². The standard InChI is InChI=1S/C23H26ClN5O3S/c24-21-20(6-3-11-25-21)33(31,32)29-14-9-17(10-15-29)23(30)28-12-7-16(8-13-28)22-26-18-4-1-2-5-19(18)27-22/h1-6,11,16-17H,7-10,12-15H2,(H,26,27). The Labute approximate surface area is 198 Å². The SMILES string of the molecule is O=C(C1CCN(S(=O)(=O)c2cccnc2Cl)CC1)N1CCC(c2nc3ccccc3[nH]2)CC1. The van der Waals surface area contributed by atoms with E-state index < -0.39 is 10.0 Å². The van der Waals surface area contributed by atoms with Gasteiger partial charge >= 0.3 is 0 Å². The predicted molar refractivity (Wildman–Crippen MR) is 125 cm³/mol. The lowest BCUT2D eigenvalue weighted by atomic mass is 9.92. The molecule has 0 spiro atoms. The number of benzene rings is 1. The molecule has 3 aromatic rings. The first-order chi connectivity index (χ1) is 15.9. The number of rotatable bonds is 4. The minimum absolute atomic E-state index is 0.0177. The number of likely N-dealkylation sites (tertiary alicyclic amines) is 1. The van der Waals surface area contributed by atoms with Crippen LogP contribution in [0.1, 0.15) is 37.4 Å². The molecule has 1 N–H and O–H groups in total. The number of imidazole rings is 1. The molecular formula is C23H26ClN5O3S. The lowest BCUT2D eigenvalue weighted by Gasteiger charge is -2.36. The zero-order chi connectivity index (χ0) is 23.0. The molecule has 4 heterocycles. The average Bonchev–Trinajstić information content (AvgIpc) is 3.28. The molecule has 5 rings (SSSR count). The second kappa shape index (κ2) is 9.04. The molecule has 2 fully saturated rings. The van der Waals surface area contributed by atoms with Gasteiger partial charge in [0.2, 0.25) is 15.9 Å². The molecule has 0 aliphatic carbocycles. The van der Waals surface area contributed by atoms with Crippen molar-refractivity contribution in [1.29, 1.82) is 0 Å². The van der Waals surface area contributed by atoms with Gasteiger partial charge in [-0.25, -0.2) is 18.4 Å². The summed E-state index contributed by atoms with van der Waals surface area (Å²) in [6.07, 6.45) is 4.24. The first-order valence-corrected chi connectivity index (χ1v) is 13.1. The molecule has 1 amide bonds. The van der Waals surface area contributed by atoms with Gasteiger partial charge in [-0.1, -0.05) is 23.7 Å². The highest BCUT2D eigenvalue weighted by Gasteiger charge is 2.36. The van der Waals surface area contributed by atoms with Crippen molar-refractivity contribution in [2.45, 2.75) is 36.5 Å². The molecule has 2 aliphatic rings. The number of carbonyl (C=O) groups excluding carboxylic acids is 1. The van der Waals surface area contributed by atoms with Crippen LogP contribution in [-0.2, 0) is 14.8 Å². The van der Waals surface area contributed by atoms with E-state index in [1.54, 1.807) is 6.07 Å². The number of carbonyl (C=O) groups is 1. The highest BCUT2D eigenvalue weighted by molar-refractivity contribution is 7.89. The molecule has 0 atom stereocenters. The van der Waals surface area contributed by atoms with Crippen molar-refractivity contribution in [3.8, 4) is 0 Å². The highest BCUT2D eigenvalue weighted by atomic mass is 35.5. The van der Waals surface area contributed by atoms with Crippen LogP contribution < -0.4 is 0 Å². The quantitative estimate of drug-likeness (QED) is 0.568. The van der Waals surface area contributed by atoms with E-state index in [1.165, 1.54) is 16.6 Å². The number of hydrogen-bond acceptors (Lipinski definition) is 5. The lowest BCUT2D eigenvalue weighted by molar-refractivity contribution is -0.137. The molecule has 2 aliphatic heterocycles. The van der Waals surface area contributed by atoms with Gasteiger partial charge in [0.15, 0.2) is 0 Å². The number of halogens is 1. The largest absolute Gasteiger partial charge is 0.342 e. The Morgan fingerprint density at radius 3 is 2.42 bits per heavy atom. The summed E-state index contributed by atoms with van der Waals surface area (Å²) in [5, 5.41) is -0.0250. The van der Waals surface area contributed by atoms with E-state index in [0.29, 0.717) is 44.9 Å². The van der Waals surface area contributed by atoms with Gasteiger partial charge in [-0.05, 0) is 49.9 Å². The highest BCUT2D eigenvalue weighted by Crippen LogP contribution is 2.31. The molecule has 2 saturated heterocycles. The number of hydrogen-bond donors (Lipinski definition) is 1. The van der Waals surface area contributed by atoms with Crippen molar-refractivity contribution in [2.24, 2.45) is 5.92 Å². The van der Waals surface area contributed by atoms with Crippen molar-refractivity contribution in [1.82, 2.24) is 24.2 Å². The number of aromatic amines is 1. The van der Waals surface area contributed by atoms with Crippen LogP contribution in [0, 0.1) is 5.92 Å². The number of amides is 1. The molecule has 1 aromatic carbocycles. The molecule has 10 heteroatoms. The Morgan fingerprint density at radius 2 is 1.73 bits per heavy atom. The molecule has 0 saturated carbocycles. The molecule has 33 heavy (non-hydrogen) atoms. The van der Waals surface area contributed by atoms with Gasteiger partial charge < -0.3 is 9.88 Å². The fraction of sp³-hybridized carbons (Fsp3) is 0.435. The smallest absolute Gasteiger partial charge is 0.246 e. The zero-order valence-corrected chi connectivity index (χ0v) is 19.7. The summed E-state index contributed by atoms with van der Waals surface area (Å²) in [4.78, 5) is 27.1. The second-order valence-electron chi connectivity index (χ2n) is 8.71. The number of nitrogens with one attached hydrogen (secondary N) is 1. The van der Waals surface area contributed by atoms with E-state index in [0.717, 1.165) is 29.7 Å². The number of pyridine rings is 1. The maximum absolute atomic E-state index is 13.1. The number of para-hydroxylation sites is 2. The molecular weight excluding hydrogens is 462 g/mol. The summed E-state index contributed by atoms with van der Waals surface area (Å²) in [7, 11) is -3.71. The summed E-state index contributed by atoms with van der Waals surface area (Å²) >= 11 is 6.00. The molecule has 0 unspecified atom stereocenters. The average molecular weight is 488 g/mol. The van der Waals surface area contributed by atoms with E-state index in [-0.39, 0.29) is 21.9 Å². The Bertz CT molecular complexity index is 1230. The number of fused-ring (bicyclic) bond motifs is 1. The third-order valence-corrected chi connectivity index (χ3v) is 9.09. The van der Waals surface area contributed by atoms with E-state index in [9.17, 15) is 13.2 Å². The summed E-state index contributed by atoms with van der Waals surface area (Å²) < 4.78 is 27.2. The van der Waals surface area contributed by atoms with Crippen LogP contribution >= 0.6 is 11.6 Å². The maximum Gasteiger partial charge on any atom is 0.246 e. The Morgan fingerprint density at radius 1 is 1.00 bits per heavy atom. The third kappa shape index (κ3) is 4.37. The van der Waals surface area contributed by atoms with E-state index in [4.69, 9.17) is 16.6 Å². The maximum atomic E-state index is 13.1. The van der Waals surface area contributed by atoms with Crippen LogP contribution in [0.3, 0.4) is 0 Å². The van der Waals surface area contributed by atoms with Crippen LogP contribution in [0.2, 0.25) is 5.15 Å². The monoisotopic (exact) mass is 487 g/mol. The van der Waals surface area contributed by atoms with E-state index in [1.807, 2.05) is 29.2 Å². The first kappa shape index (κ1) is 22.3. The van der Waals surface area contributed by atoms with Crippen LogP contribution in [0.5, 0.6) is 0 Å². The zero-order valence-electron chi connectivity index (χ0n) is 18.2. The molecule has 8 nitrogen and oxygen atoms in total. The summed E-state index contributed by atoms with van der Waals surface area (Å²) in [6, 6.07) is 11.0. The van der Waals surface area contributed by atoms with Crippen molar-refractivity contribution in [3.63, 3.8) is 0 Å². The second-order valence-corrected chi connectivity index (χ2v) is 11.0. The Kier molecular flexibility index (Phi) is 6.11. The van der Waals surface area contributed by atoms with Gasteiger partial charge in [0.25, 0.3) is 0 Å². The van der Waals surface area contributed by atoms with Gasteiger partial charge in [0, 0.05) is 44.2 Å². The van der Waals surface area contributed by atoms with Crippen LogP contribution in [0.15, 0.2) is 47.5 Å². The van der Waals surface area contributed by atoms with Crippen molar-refractivity contribution < 1.29 is 13.2 Å². The molecule has 0 bridgehead atoms. The fourth-order valence-corrected chi connectivity index (χ4v) is 6.74. The minimum atomic E-state index is -3.71. The number of H-pyrrole nitrogens is 1. The number of aromatic nitrogens is 3. The topological polar surface area (TPSA) is 99.3 Å².